The van der Waals surface area contributed by atoms with Crippen LogP contribution in [0.4, 0.5) is 15.8 Å². The number of aromatic nitrogens is 1. The molecule has 0 bridgehead atoms. The highest BCUT2D eigenvalue weighted by molar-refractivity contribution is 6.03. The van der Waals surface area contributed by atoms with E-state index in [1.165, 1.54) is 18.2 Å². The summed E-state index contributed by atoms with van der Waals surface area (Å²) in [6, 6.07) is 11.7. The number of carbonyl (C=O) groups is 2. The first-order valence-electron chi connectivity index (χ1n) is 8.27. The fraction of sp³-hybridized carbons (Fsp3) is 0.100. The van der Waals surface area contributed by atoms with E-state index in [0.717, 1.165) is 22.2 Å². The van der Waals surface area contributed by atoms with E-state index in [4.69, 9.17) is 0 Å². The van der Waals surface area contributed by atoms with Crippen LogP contribution >= 0.6 is 0 Å². The standard InChI is InChI=1S/C20H16FN3O2/c21-14-3-6-17-13(9-14)10-15(22-17)5-8-19(25)23-16-4-1-12-2-7-20(26)24-18(12)11-16/h1,3-6,8-11,22H,2,7H2,(H,23,25)(H,24,26)/b8-5+. The molecule has 3 aromatic rings. The highest BCUT2D eigenvalue weighted by atomic mass is 19.1. The summed E-state index contributed by atoms with van der Waals surface area (Å²) >= 11 is 0. The Labute approximate surface area is 148 Å². The van der Waals surface area contributed by atoms with Gasteiger partial charge in [0.15, 0.2) is 0 Å². The van der Waals surface area contributed by atoms with E-state index in [1.54, 1.807) is 24.3 Å². The van der Waals surface area contributed by atoms with Crippen LogP contribution in [0.3, 0.4) is 0 Å². The van der Waals surface area contributed by atoms with Crippen LogP contribution in [0.25, 0.3) is 17.0 Å². The van der Waals surface area contributed by atoms with E-state index >= 15 is 0 Å². The van der Waals surface area contributed by atoms with Crippen LogP contribution in [0.15, 0.2) is 48.5 Å². The number of aromatic amines is 1. The zero-order valence-electron chi connectivity index (χ0n) is 13.8. The Balaban J connectivity index is 1.47. The molecule has 0 spiro atoms. The number of hydrogen-bond acceptors (Lipinski definition) is 2. The Kier molecular flexibility index (Phi) is 4.01. The minimum Gasteiger partial charge on any atom is -0.355 e. The van der Waals surface area contributed by atoms with Gasteiger partial charge in [0.2, 0.25) is 11.8 Å². The molecule has 6 heteroatoms. The molecule has 26 heavy (non-hydrogen) atoms. The number of H-pyrrole nitrogens is 1. The highest BCUT2D eigenvalue weighted by Crippen LogP contribution is 2.26. The molecule has 0 saturated heterocycles. The lowest BCUT2D eigenvalue weighted by Crippen LogP contribution is -2.19. The van der Waals surface area contributed by atoms with Crippen LogP contribution in [-0.2, 0) is 16.0 Å². The van der Waals surface area contributed by atoms with Crippen LogP contribution in [0.5, 0.6) is 0 Å². The molecule has 5 nitrogen and oxygen atoms in total. The van der Waals surface area contributed by atoms with Gasteiger partial charge in [0.05, 0.1) is 0 Å². The molecule has 2 heterocycles. The van der Waals surface area contributed by atoms with Crippen molar-refractivity contribution in [2.45, 2.75) is 12.8 Å². The molecule has 130 valence electrons. The number of aryl methyl sites for hydroxylation is 1. The molecule has 0 fully saturated rings. The fourth-order valence-corrected chi connectivity index (χ4v) is 3.01. The van der Waals surface area contributed by atoms with Crippen molar-refractivity contribution in [2.24, 2.45) is 0 Å². The number of amides is 2. The summed E-state index contributed by atoms with van der Waals surface area (Å²) in [5.74, 6) is -0.614. The number of anilines is 2. The molecule has 4 rings (SSSR count). The smallest absolute Gasteiger partial charge is 0.248 e. The quantitative estimate of drug-likeness (QED) is 0.629. The van der Waals surface area contributed by atoms with E-state index in [0.29, 0.717) is 24.2 Å². The Morgan fingerprint density at radius 2 is 2.00 bits per heavy atom. The third-order valence-corrected chi connectivity index (χ3v) is 4.29. The van der Waals surface area contributed by atoms with Crippen molar-refractivity contribution >= 4 is 40.2 Å². The largest absolute Gasteiger partial charge is 0.355 e. The summed E-state index contributed by atoms with van der Waals surface area (Å²) in [4.78, 5) is 26.7. The van der Waals surface area contributed by atoms with Gasteiger partial charge in [-0.1, -0.05) is 6.07 Å². The van der Waals surface area contributed by atoms with Crippen molar-refractivity contribution in [3.8, 4) is 0 Å². The van der Waals surface area contributed by atoms with Gasteiger partial charge in [-0.25, -0.2) is 4.39 Å². The Morgan fingerprint density at radius 3 is 2.88 bits per heavy atom. The first-order chi connectivity index (χ1) is 12.6. The second-order valence-electron chi connectivity index (χ2n) is 6.20. The highest BCUT2D eigenvalue weighted by Gasteiger charge is 2.15. The molecular weight excluding hydrogens is 333 g/mol. The van der Waals surface area contributed by atoms with Crippen LogP contribution in [-0.4, -0.2) is 16.8 Å². The predicted molar refractivity (Wildman–Crippen MR) is 99.3 cm³/mol. The van der Waals surface area contributed by atoms with Crippen molar-refractivity contribution in [1.29, 1.82) is 0 Å². The van der Waals surface area contributed by atoms with Crippen molar-refractivity contribution in [3.63, 3.8) is 0 Å². The molecule has 1 aliphatic rings. The number of rotatable bonds is 3. The zero-order chi connectivity index (χ0) is 18.1. The van der Waals surface area contributed by atoms with Gasteiger partial charge in [-0.05, 0) is 54.5 Å². The summed E-state index contributed by atoms with van der Waals surface area (Å²) in [6.45, 7) is 0. The maximum Gasteiger partial charge on any atom is 0.248 e. The zero-order valence-corrected chi connectivity index (χ0v) is 13.8. The van der Waals surface area contributed by atoms with E-state index < -0.39 is 0 Å². The number of nitrogens with one attached hydrogen (secondary N) is 3. The van der Waals surface area contributed by atoms with Gasteiger partial charge in [0.25, 0.3) is 0 Å². The Morgan fingerprint density at radius 1 is 1.12 bits per heavy atom. The molecule has 1 aliphatic heterocycles. The monoisotopic (exact) mass is 349 g/mol. The topological polar surface area (TPSA) is 74.0 Å². The van der Waals surface area contributed by atoms with E-state index in [9.17, 15) is 14.0 Å². The SMILES string of the molecule is O=C(/C=C/c1cc2cc(F)ccc2[nH]1)Nc1ccc2c(c1)NC(=O)CC2. The van der Waals surface area contributed by atoms with Crippen LogP contribution in [0.2, 0.25) is 0 Å². The van der Waals surface area contributed by atoms with Gasteiger partial charge in [0.1, 0.15) is 5.82 Å². The lowest BCUT2D eigenvalue weighted by molar-refractivity contribution is -0.116. The third-order valence-electron chi connectivity index (χ3n) is 4.29. The number of carbonyl (C=O) groups excluding carboxylic acids is 2. The van der Waals surface area contributed by atoms with E-state index in [1.807, 2.05) is 12.1 Å². The molecular formula is C20H16FN3O2. The van der Waals surface area contributed by atoms with Crippen molar-refractivity contribution in [3.05, 3.63) is 65.6 Å². The van der Waals surface area contributed by atoms with Crippen LogP contribution in [0.1, 0.15) is 17.7 Å². The van der Waals surface area contributed by atoms with Crippen LogP contribution in [0, 0.1) is 5.82 Å². The van der Waals surface area contributed by atoms with Gasteiger partial charge in [-0.3, -0.25) is 9.59 Å². The third kappa shape index (κ3) is 3.35. The minimum absolute atomic E-state index is 0.0175. The van der Waals surface area contributed by atoms with Gasteiger partial charge in [-0.2, -0.15) is 0 Å². The van der Waals surface area contributed by atoms with Gasteiger partial charge >= 0.3 is 0 Å². The Bertz CT molecular complexity index is 1050. The van der Waals surface area contributed by atoms with Crippen LogP contribution < -0.4 is 10.6 Å². The molecule has 3 N–H and O–H groups in total. The first kappa shape index (κ1) is 16.1. The lowest BCUT2D eigenvalue weighted by atomic mass is 10.0. The molecule has 0 aliphatic carbocycles. The normalized spacial score (nSPS) is 13.7. The number of hydrogen-bond donors (Lipinski definition) is 3. The molecule has 2 aromatic carbocycles. The number of halogens is 1. The number of benzene rings is 2. The molecule has 0 unspecified atom stereocenters. The summed E-state index contributed by atoms with van der Waals surface area (Å²) < 4.78 is 13.2. The predicted octanol–water partition coefficient (Wildman–Crippen LogP) is 3.84. The van der Waals surface area contributed by atoms with Crippen molar-refractivity contribution in [2.75, 3.05) is 10.6 Å². The Hall–Kier alpha value is -3.41. The average molecular weight is 349 g/mol. The fourth-order valence-electron chi connectivity index (χ4n) is 3.01. The second-order valence-corrected chi connectivity index (χ2v) is 6.20. The summed E-state index contributed by atoms with van der Waals surface area (Å²) in [6.07, 6.45) is 4.22. The maximum absolute atomic E-state index is 13.2. The van der Waals surface area contributed by atoms with E-state index in [2.05, 4.69) is 15.6 Å². The lowest BCUT2D eigenvalue weighted by Gasteiger charge is -2.17. The number of fused-ring (bicyclic) bond motifs is 2. The molecule has 2 amide bonds. The van der Waals surface area contributed by atoms with Gasteiger partial charge in [0, 0.05) is 40.5 Å². The second kappa shape index (κ2) is 6.48. The maximum atomic E-state index is 13.2. The van der Waals surface area contributed by atoms with Gasteiger partial charge < -0.3 is 15.6 Å². The van der Waals surface area contributed by atoms with Crippen molar-refractivity contribution < 1.29 is 14.0 Å². The molecule has 0 radical (unpaired) electrons. The van der Waals surface area contributed by atoms with Gasteiger partial charge in [-0.15, -0.1) is 0 Å². The molecule has 0 saturated carbocycles. The molecule has 1 aromatic heterocycles. The minimum atomic E-state index is -0.302. The van der Waals surface area contributed by atoms with E-state index in [-0.39, 0.29) is 17.6 Å². The molecule has 0 atom stereocenters. The summed E-state index contributed by atoms with van der Waals surface area (Å²) in [5, 5.41) is 6.32. The first-order valence-corrected chi connectivity index (χ1v) is 8.27. The summed E-state index contributed by atoms with van der Waals surface area (Å²) in [5.41, 5.74) is 3.92. The summed E-state index contributed by atoms with van der Waals surface area (Å²) in [7, 11) is 0. The average Bonchev–Trinajstić information content (AvgIpc) is 3.01. The van der Waals surface area contributed by atoms with Crippen molar-refractivity contribution in [1.82, 2.24) is 4.98 Å².